The highest BCUT2D eigenvalue weighted by Gasteiger charge is 2.16. The summed E-state index contributed by atoms with van der Waals surface area (Å²) in [6.07, 6.45) is 0. The van der Waals surface area contributed by atoms with E-state index in [1.807, 2.05) is 11.3 Å². The largest absolute Gasteiger partial charge is 0.311 e. The van der Waals surface area contributed by atoms with Crippen molar-refractivity contribution in [1.82, 2.24) is 0 Å². The fourth-order valence-corrected chi connectivity index (χ4v) is 8.94. The Hall–Kier alpha value is -7.20. The zero-order valence-corrected chi connectivity index (χ0v) is 32.1. The van der Waals surface area contributed by atoms with E-state index in [0.717, 1.165) is 34.1 Å². The number of hydrogen-bond acceptors (Lipinski definition) is 3. The van der Waals surface area contributed by atoms with Gasteiger partial charge in [-0.15, -0.1) is 11.3 Å². The standard InChI is InChI=1S/C54H38N2S/c1-4-12-39(13-5-1)40-20-22-41(23-21-40)42-24-30-47(31-25-42)55(45-14-6-2-7-15-45)48-32-26-43(27-33-48)44-28-34-49(35-29-44)56(46-16-8-3-9-17-46)50-36-37-52-51-18-10-11-19-53(51)57-54(52)38-50/h1-38H. The molecule has 0 saturated carbocycles. The van der Waals surface area contributed by atoms with E-state index < -0.39 is 0 Å². The van der Waals surface area contributed by atoms with Gasteiger partial charge in [-0.25, -0.2) is 0 Å². The molecule has 1 heterocycles. The summed E-state index contributed by atoms with van der Waals surface area (Å²) in [6, 6.07) is 82.8. The smallest absolute Gasteiger partial charge is 0.0476 e. The van der Waals surface area contributed by atoms with Crippen LogP contribution in [0.1, 0.15) is 0 Å². The summed E-state index contributed by atoms with van der Waals surface area (Å²) in [5, 5.41) is 2.62. The molecule has 2 nitrogen and oxygen atoms in total. The Morgan fingerprint density at radius 2 is 0.544 bits per heavy atom. The number of hydrogen-bond donors (Lipinski definition) is 0. The Kier molecular flexibility index (Phi) is 9.11. The first-order valence-electron chi connectivity index (χ1n) is 19.3. The molecule has 0 atom stereocenters. The van der Waals surface area contributed by atoms with Crippen LogP contribution in [0.3, 0.4) is 0 Å². The van der Waals surface area contributed by atoms with Gasteiger partial charge in [0.05, 0.1) is 0 Å². The van der Waals surface area contributed by atoms with E-state index in [1.165, 1.54) is 53.6 Å². The van der Waals surface area contributed by atoms with Gasteiger partial charge in [-0.3, -0.25) is 0 Å². The Morgan fingerprint density at radius 1 is 0.228 bits per heavy atom. The Morgan fingerprint density at radius 3 is 1.02 bits per heavy atom. The van der Waals surface area contributed by atoms with E-state index in [2.05, 4.69) is 240 Å². The van der Waals surface area contributed by atoms with Gasteiger partial charge in [0.2, 0.25) is 0 Å². The van der Waals surface area contributed by atoms with Crippen molar-refractivity contribution in [2.75, 3.05) is 9.80 Å². The molecule has 0 saturated heterocycles. The minimum absolute atomic E-state index is 1.11. The van der Waals surface area contributed by atoms with Gasteiger partial charge in [-0.05, 0) is 112 Å². The summed E-state index contributed by atoms with van der Waals surface area (Å²) in [4.78, 5) is 4.67. The molecule has 0 spiro atoms. The summed E-state index contributed by atoms with van der Waals surface area (Å²) < 4.78 is 2.61. The summed E-state index contributed by atoms with van der Waals surface area (Å²) >= 11 is 1.85. The first-order chi connectivity index (χ1) is 28.2. The lowest BCUT2D eigenvalue weighted by molar-refractivity contribution is 1.28. The quantitative estimate of drug-likeness (QED) is 0.145. The topological polar surface area (TPSA) is 6.48 Å². The maximum Gasteiger partial charge on any atom is 0.0476 e. The predicted molar refractivity (Wildman–Crippen MR) is 245 cm³/mol. The molecular formula is C54H38N2S. The second-order valence-electron chi connectivity index (χ2n) is 14.2. The molecule has 3 heteroatoms. The second-order valence-corrected chi connectivity index (χ2v) is 15.3. The Balaban J connectivity index is 0.929. The third kappa shape index (κ3) is 6.86. The monoisotopic (exact) mass is 746 g/mol. The number of benzene rings is 9. The lowest BCUT2D eigenvalue weighted by Crippen LogP contribution is -2.10. The highest BCUT2D eigenvalue weighted by atomic mass is 32.1. The molecule has 0 amide bonds. The van der Waals surface area contributed by atoms with E-state index in [0.29, 0.717) is 0 Å². The van der Waals surface area contributed by atoms with E-state index >= 15 is 0 Å². The molecule has 10 rings (SSSR count). The predicted octanol–water partition coefficient (Wildman–Crippen LogP) is 16.0. The van der Waals surface area contributed by atoms with Gasteiger partial charge in [0.15, 0.2) is 0 Å². The number of nitrogens with zero attached hydrogens (tertiary/aromatic N) is 2. The van der Waals surface area contributed by atoms with Crippen LogP contribution in [0, 0.1) is 0 Å². The van der Waals surface area contributed by atoms with Crippen molar-refractivity contribution in [1.29, 1.82) is 0 Å². The van der Waals surface area contributed by atoms with Gasteiger partial charge in [0.25, 0.3) is 0 Å². The number of para-hydroxylation sites is 2. The SMILES string of the molecule is c1ccc(-c2ccc(-c3ccc(N(c4ccccc4)c4ccc(-c5ccc(N(c6ccccc6)c6ccc7c(c6)sc6ccccc67)cc5)cc4)cc3)cc2)cc1. The van der Waals surface area contributed by atoms with Crippen LogP contribution in [-0.4, -0.2) is 0 Å². The van der Waals surface area contributed by atoms with Crippen molar-refractivity contribution in [3.8, 4) is 33.4 Å². The van der Waals surface area contributed by atoms with Gasteiger partial charge in [0, 0.05) is 54.3 Å². The van der Waals surface area contributed by atoms with Crippen LogP contribution < -0.4 is 9.80 Å². The van der Waals surface area contributed by atoms with Crippen molar-refractivity contribution >= 4 is 65.6 Å². The molecular weight excluding hydrogens is 709 g/mol. The fraction of sp³-hybridized carbons (Fsp3) is 0. The molecule has 57 heavy (non-hydrogen) atoms. The Bertz CT molecular complexity index is 2900. The third-order valence-electron chi connectivity index (χ3n) is 10.7. The number of rotatable bonds is 9. The van der Waals surface area contributed by atoms with Crippen molar-refractivity contribution in [2.24, 2.45) is 0 Å². The highest BCUT2D eigenvalue weighted by molar-refractivity contribution is 7.25. The van der Waals surface area contributed by atoms with E-state index in [4.69, 9.17) is 0 Å². The summed E-state index contributed by atoms with van der Waals surface area (Å²) in [5.41, 5.74) is 13.9. The second kappa shape index (κ2) is 15.1. The van der Waals surface area contributed by atoms with Gasteiger partial charge < -0.3 is 9.80 Å². The lowest BCUT2D eigenvalue weighted by Gasteiger charge is -2.26. The zero-order valence-electron chi connectivity index (χ0n) is 31.2. The number of thiophene rings is 1. The van der Waals surface area contributed by atoms with Crippen LogP contribution in [0.4, 0.5) is 34.1 Å². The van der Waals surface area contributed by atoms with Gasteiger partial charge in [-0.1, -0.05) is 152 Å². The fourth-order valence-electron chi connectivity index (χ4n) is 7.80. The summed E-state index contributed by atoms with van der Waals surface area (Å²) in [5.74, 6) is 0. The molecule has 0 bridgehead atoms. The summed E-state index contributed by atoms with van der Waals surface area (Å²) in [7, 11) is 0. The zero-order chi connectivity index (χ0) is 38.0. The molecule has 9 aromatic carbocycles. The molecule has 0 aliphatic carbocycles. The maximum atomic E-state index is 2.35. The van der Waals surface area contributed by atoms with Crippen molar-refractivity contribution in [3.05, 3.63) is 231 Å². The van der Waals surface area contributed by atoms with Crippen LogP contribution >= 0.6 is 11.3 Å². The Labute approximate surface area is 337 Å². The van der Waals surface area contributed by atoms with Crippen LogP contribution in [0.2, 0.25) is 0 Å². The number of fused-ring (bicyclic) bond motifs is 3. The molecule has 0 aliphatic rings. The maximum absolute atomic E-state index is 2.35. The van der Waals surface area contributed by atoms with E-state index in [9.17, 15) is 0 Å². The average Bonchev–Trinajstić information content (AvgIpc) is 3.67. The van der Waals surface area contributed by atoms with Crippen LogP contribution in [-0.2, 0) is 0 Å². The minimum Gasteiger partial charge on any atom is -0.311 e. The molecule has 0 unspecified atom stereocenters. The van der Waals surface area contributed by atoms with E-state index in [1.54, 1.807) is 0 Å². The first kappa shape index (κ1) is 34.3. The van der Waals surface area contributed by atoms with Gasteiger partial charge in [-0.2, -0.15) is 0 Å². The number of anilines is 6. The molecule has 10 aromatic rings. The molecule has 0 fully saturated rings. The van der Waals surface area contributed by atoms with Crippen molar-refractivity contribution in [3.63, 3.8) is 0 Å². The summed E-state index contributed by atoms with van der Waals surface area (Å²) in [6.45, 7) is 0. The van der Waals surface area contributed by atoms with Crippen LogP contribution in [0.25, 0.3) is 53.6 Å². The van der Waals surface area contributed by atoms with Crippen LogP contribution in [0.15, 0.2) is 231 Å². The molecule has 0 N–H and O–H groups in total. The van der Waals surface area contributed by atoms with Gasteiger partial charge in [0.1, 0.15) is 0 Å². The highest BCUT2D eigenvalue weighted by Crippen LogP contribution is 2.42. The third-order valence-corrected chi connectivity index (χ3v) is 11.8. The molecule has 0 aliphatic heterocycles. The minimum atomic E-state index is 1.11. The van der Waals surface area contributed by atoms with Crippen molar-refractivity contribution in [2.45, 2.75) is 0 Å². The molecule has 270 valence electrons. The average molecular weight is 747 g/mol. The normalized spacial score (nSPS) is 11.2. The lowest BCUT2D eigenvalue weighted by atomic mass is 10.00. The van der Waals surface area contributed by atoms with Crippen molar-refractivity contribution < 1.29 is 0 Å². The van der Waals surface area contributed by atoms with Crippen LogP contribution in [0.5, 0.6) is 0 Å². The molecule has 1 aromatic heterocycles. The molecule has 0 radical (unpaired) electrons. The first-order valence-corrected chi connectivity index (χ1v) is 20.1. The van der Waals surface area contributed by atoms with E-state index in [-0.39, 0.29) is 0 Å². The van der Waals surface area contributed by atoms with Gasteiger partial charge >= 0.3 is 0 Å².